The van der Waals surface area contributed by atoms with Crippen LogP contribution < -0.4 is 15.8 Å². The predicted octanol–water partition coefficient (Wildman–Crippen LogP) is 1.61. The lowest BCUT2D eigenvalue weighted by atomic mass is 10.1. The average Bonchev–Trinajstić information content (AvgIpc) is 2.28. The third-order valence-corrected chi connectivity index (χ3v) is 1.99. The van der Waals surface area contributed by atoms with Gasteiger partial charge in [-0.15, -0.1) is 0 Å². The van der Waals surface area contributed by atoms with Gasteiger partial charge >= 0.3 is 6.18 Å². The molecule has 1 aromatic rings. The number of halogens is 3. The average molecular weight is 248 g/mol. The Bertz CT molecular complexity index is 419. The quantitative estimate of drug-likeness (QED) is 0.854. The summed E-state index contributed by atoms with van der Waals surface area (Å²) < 4.78 is 42.7. The number of hydrogen-bond acceptors (Lipinski definition) is 3. The Morgan fingerprint density at radius 3 is 2.59 bits per heavy atom. The molecule has 0 aromatic heterocycles. The largest absolute Gasteiger partial charge is 0.497 e. The normalized spacial score (nSPS) is 11.1. The lowest BCUT2D eigenvalue weighted by Crippen LogP contribution is -2.23. The molecule has 0 aliphatic heterocycles. The number of rotatable bonds is 3. The number of methoxy groups -OCH3 is 1. The van der Waals surface area contributed by atoms with Crippen molar-refractivity contribution >= 4 is 11.6 Å². The van der Waals surface area contributed by atoms with Gasteiger partial charge in [-0.2, -0.15) is 13.2 Å². The van der Waals surface area contributed by atoms with Crippen molar-refractivity contribution in [2.45, 2.75) is 6.18 Å². The first kappa shape index (κ1) is 13.3. The fourth-order valence-corrected chi connectivity index (χ4v) is 1.20. The molecule has 0 unspecified atom stereocenters. The number of hydrogen-bond donors (Lipinski definition) is 2. The second kappa shape index (κ2) is 5.05. The van der Waals surface area contributed by atoms with Crippen molar-refractivity contribution < 1.29 is 22.7 Å². The molecule has 0 heterocycles. The van der Waals surface area contributed by atoms with E-state index < -0.39 is 17.6 Å². The summed E-state index contributed by atoms with van der Waals surface area (Å²) in [7, 11) is 1.26. The van der Waals surface area contributed by atoms with Gasteiger partial charge in [-0.25, -0.2) is 0 Å². The maximum atomic E-state index is 12.7. The van der Waals surface area contributed by atoms with E-state index in [-0.39, 0.29) is 18.0 Å². The standard InChI is InChI=1S/C10H11F3N2O2/c1-17-6-2-3-8(15-9(16)5-14)7(4-6)10(11,12)13/h2-4H,5,14H2,1H3,(H,15,16). The van der Waals surface area contributed by atoms with Crippen LogP contribution in [0.5, 0.6) is 5.75 Å². The first-order valence-corrected chi connectivity index (χ1v) is 4.63. The highest BCUT2D eigenvalue weighted by molar-refractivity contribution is 5.93. The van der Waals surface area contributed by atoms with Gasteiger partial charge in [0.2, 0.25) is 5.91 Å². The molecule has 0 atom stereocenters. The van der Waals surface area contributed by atoms with Gasteiger partial charge in [0, 0.05) is 0 Å². The molecule has 1 amide bonds. The Morgan fingerprint density at radius 2 is 2.12 bits per heavy atom. The Hall–Kier alpha value is -1.76. The SMILES string of the molecule is COc1ccc(NC(=O)CN)c(C(F)(F)F)c1. The molecule has 1 aromatic carbocycles. The molecule has 0 bridgehead atoms. The number of ether oxygens (including phenoxy) is 1. The number of nitrogens with one attached hydrogen (secondary N) is 1. The number of benzene rings is 1. The second-order valence-corrected chi connectivity index (χ2v) is 3.16. The van der Waals surface area contributed by atoms with E-state index in [4.69, 9.17) is 10.5 Å². The molecule has 0 fully saturated rings. The van der Waals surface area contributed by atoms with Crippen LogP contribution in [0.2, 0.25) is 0 Å². The molecule has 17 heavy (non-hydrogen) atoms. The van der Waals surface area contributed by atoms with E-state index in [0.29, 0.717) is 0 Å². The lowest BCUT2D eigenvalue weighted by molar-refractivity contribution is -0.137. The van der Waals surface area contributed by atoms with Crippen LogP contribution >= 0.6 is 0 Å². The minimum Gasteiger partial charge on any atom is -0.497 e. The summed E-state index contributed by atoms with van der Waals surface area (Å²) in [5, 5.41) is 2.08. The number of anilines is 1. The Morgan fingerprint density at radius 1 is 1.47 bits per heavy atom. The van der Waals surface area contributed by atoms with Crippen LogP contribution in [-0.4, -0.2) is 19.6 Å². The van der Waals surface area contributed by atoms with Crippen molar-refractivity contribution in [3.8, 4) is 5.75 Å². The highest BCUT2D eigenvalue weighted by atomic mass is 19.4. The minimum absolute atomic E-state index is 0.0584. The van der Waals surface area contributed by atoms with Crippen molar-refractivity contribution in [2.24, 2.45) is 5.73 Å². The third kappa shape index (κ3) is 3.35. The van der Waals surface area contributed by atoms with Crippen molar-refractivity contribution in [1.82, 2.24) is 0 Å². The topological polar surface area (TPSA) is 64.3 Å². The van der Waals surface area contributed by atoms with Crippen LogP contribution in [0, 0.1) is 0 Å². The third-order valence-electron chi connectivity index (χ3n) is 1.99. The van der Waals surface area contributed by atoms with Crippen LogP contribution in [0.3, 0.4) is 0 Å². The Kier molecular flexibility index (Phi) is 3.95. The van der Waals surface area contributed by atoms with Crippen molar-refractivity contribution in [3.05, 3.63) is 23.8 Å². The summed E-state index contributed by atoms with van der Waals surface area (Å²) >= 11 is 0. The Balaban J connectivity index is 3.16. The van der Waals surface area contributed by atoms with Crippen LogP contribution in [0.1, 0.15) is 5.56 Å². The van der Waals surface area contributed by atoms with Gasteiger partial charge in [0.05, 0.1) is 24.9 Å². The molecule has 3 N–H and O–H groups in total. The summed E-state index contributed by atoms with van der Waals surface area (Å²) in [5.41, 5.74) is 3.70. The van der Waals surface area contributed by atoms with E-state index >= 15 is 0 Å². The molecule has 0 saturated carbocycles. The zero-order chi connectivity index (χ0) is 13.1. The van der Waals surface area contributed by atoms with E-state index in [0.717, 1.165) is 12.1 Å². The number of carbonyl (C=O) groups is 1. The first-order chi connectivity index (χ1) is 7.88. The fraction of sp³-hybridized carbons (Fsp3) is 0.300. The molecule has 0 radical (unpaired) electrons. The van der Waals surface area contributed by atoms with E-state index in [2.05, 4.69) is 5.32 Å². The molecule has 0 saturated heterocycles. The predicted molar refractivity (Wildman–Crippen MR) is 55.7 cm³/mol. The van der Waals surface area contributed by atoms with Gasteiger partial charge in [-0.1, -0.05) is 0 Å². The van der Waals surface area contributed by atoms with Crippen LogP contribution in [0.15, 0.2) is 18.2 Å². The van der Waals surface area contributed by atoms with Gasteiger partial charge in [0.1, 0.15) is 5.75 Å². The van der Waals surface area contributed by atoms with Gasteiger partial charge in [0.15, 0.2) is 0 Å². The van der Waals surface area contributed by atoms with E-state index in [1.165, 1.54) is 13.2 Å². The molecule has 1 rings (SSSR count). The first-order valence-electron chi connectivity index (χ1n) is 4.63. The molecule has 4 nitrogen and oxygen atoms in total. The molecule has 0 aliphatic rings. The van der Waals surface area contributed by atoms with E-state index in [1.54, 1.807) is 0 Å². The smallest absolute Gasteiger partial charge is 0.418 e. The van der Waals surface area contributed by atoms with Crippen LogP contribution in [0.4, 0.5) is 18.9 Å². The van der Waals surface area contributed by atoms with E-state index in [9.17, 15) is 18.0 Å². The van der Waals surface area contributed by atoms with Crippen LogP contribution in [-0.2, 0) is 11.0 Å². The molecule has 7 heteroatoms. The van der Waals surface area contributed by atoms with Crippen molar-refractivity contribution in [1.29, 1.82) is 0 Å². The number of amides is 1. The summed E-state index contributed by atoms with van der Waals surface area (Å²) in [5.74, 6) is -0.635. The van der Waals surface area contributed by atoms with Gasteiger partial charge in [-0.3, -0.25) is 4.79 Å². The van der Waals surface area contributed by atoms with Crippen molar-refractivity contribution in [2.75, 3.05) is 19.0 Å². The minimum atomic E-state index is -4.58. The van der Waals surface area contributed by atoms with E-state index in [1.807, 2.05) is 0 Å². The van der Waals surface area contributed by atoms with Crippen LogP contribution in [0.25, 0.3) is 0 Å². The summed E-state index contributed by atoms with van der Waals surface area (Å²) in [6.45, 7) is -0.386. The van der Waals surface area contributed by atoms with Crippen molar-refractivity contribution in [3.63, 3.8) is 0 Å². The molecular formula is C10H11F3N2O2. The highest BCUT2D eigenvalue weighted by Crippen LogP contribution is 2.37. The van der Waals surface area contributed by atoms with Gasteiger partial charge < -0.3 is 15.8 Å². The van der Waals surface area contributed by atoms with Gasteiger partial charge in [-0.05, 0) is 18.2 Å². The number of carbonyl (C=O) groups excluding carboxylic acids is 1. The number of alkyl halides is 3. The second-order valence-electron chi connectivity index (χ2n) is 3.16. The fourth-order valence-electron chi connectivity index (χ4n) is 1.20. The zero-order valence-electron chi connectivity index (χ0n) is 8.97. The maximum absolute atomic E-state index is 12.7. The summed E-state index contributed by atoms with van der Waals surface area (Å²) in [6, 6.07) is 3.25. The van der Waals surface area contributed by atoms with Gasteiger partial charge in [0.25, 0.3) is 0 Å². The monoisotopic (exact) mass is 248 g/mol. The summed E-state index contributed by atoms with van der Waals surface area (Å²) in [6.07, 6.45) is -4.58. The molecule has 94 valence electrons. The summed E-state index contributed by atoms with van der Waals surface area (Å²) in [4.78, 5) is 11.0. The lowest BCUT2D eigenvalue weighted by Gasteiger charge is -2.14. The zero-order valence-corrected chi connectivity index (χ0v) is 8.97. The Labute approximate surface area is 95.6 Å². The molecule has 0 aliphatic carbocycles. The molecule has 0 spiro atoms. The maximum Gasteiger partial charge on any atom is 0.418 e. The molecular weight excluding hydrogens is 237 g/mol. The highest BCUT2D eigenvalue weighted by Gasteiger charge is 2.34. The number of nitrogens with two attached hydrogens (primary N) is 1.